The molecule has 2 rings (SSSR count). The van der Waals surface area contributed by atoms with Crippen molar-refractivity contribution in [3.8, 4) is 0 Å². The number of anilines is 1. The number of carbonyl (C=O) groups is 1. The van der Waals surface area contributed by atoms with E-state index in [1.807, 2.05) is 32.0 Å². The molecule has 26 heavy (non-hydrogen) atoms. The molecule has 0 aliphatic heterocycles. The molecule has 1 aliphatic carbocycles. The van der Waals surface area contributed by atoms with Gasteiger partial charge in [-0.15, -0.1) is 0 Å². The average molecular weight is 379 g/mol. The molecular weight excluding hydrogens is 348 g/mol. The molecule has 0 spiro atoms. The molecule has 1 amide bonds. The predicted octanol–water partition coefficient (Wildman–Crippen LogP) is 3.65. The lowest BCUT2D eigenvalue weighted by atomic mass is 9.97. The number of allylic oxidation sites excluding steroid dienone is 1. The summed E-state index contributed by atoms with van der Waals surface area (Å²) in [5.41, 5.74) is 4.13. The van der Waals surface area contributed by atoms with Gasteiger partial charge < -0.3 is 5.32 Å². The van der Waals surface area contributed by atoms with Crippen LogP contribution in [-0.4, -0.2) is 38.0 Å². The van der Waals surface area contributed by atoms with E-state index in [9.17, 15) is 13.2 Å². The van der Waals surface area contributed by atoms with Crippen LogP contribution in [0.4, 0.5) is 5.69 Å². The van der Waals surface area contributed by atoms with Crippen molar-refractivity contribution in [3.63, 3.8) is 0 Å². The van der Waals surface area contributed by atoms with E-state index in [-0.39, 0.29) is 12.5 Å². The van der Waals surface area contributed by atoms with Crippen molar-refractivity contribution in [1.29, 1.82) is 0 Å². The first-order chi connectivity index (χ1) is 12.3. The minimum atomic E-state index is -3.43. The zero-order valence-electron chi connectivity index (χ0n) is 16.0. The maximum atomic E-state index is 12.5. The first kappa shape index (κ1) is 20.6. The molecule has 1 aromatic rings. The molecule has 144 valence electrons. The van der Waals surface area contributed by atoms with E-state index in [1.165, 1.54) is 22.6 Å². The fourth-order valence-corrected chi connectivity index (χ4v) is 4.08. The van der Waals surface area contributed by atoms with Crippen LogP contribution in [0.25, 0.3) is 0 Å². The standard InChI is InChI=1S/C20H30N2O3S/c1-4-18-12-8-9-16(2)20(18)21-19(23)15-22(26(3,24)25)14-13-17-10-6-5-7-11-17/h8-10,12H,4-7,11,13-15H2,1-3H3,(H,21,23). The molecule has 0 unspecified atom stereocenters. The maximum absolute atomic E-state index is 12.5. The Labute approximate surface area is 157 Å². The topological polar surface area (TPSA) is 66.5 Å². The molecule has 1 aliphatic rings. The maximum Gasteiger partial charge on any atom is 0.239 e. The number of rotatable bonds is 8. The molecule has 0 atom stereocenters. The van der Waals surface area contributed by atoms with Gasteiger partial charge in [0.15, 0.2) is 0 Å². The zero-order valence-corrected chi connectivity index (χ0v) is 16.9. The van der Waals surface area contributed by atoms with Gasteiger partial charge in [0.1, 0.15) is 0 Å². The number of amides is 1. The van der Waals surface area contributed by atoms with Crippen LogP contribution in [0.3, 0.4) is 0 Å². The normalized spacial score (nSPS) is 15.0. The van der Waals surface area contributed by atoms with Crippen LogP contribution in [0.15, 0.2) is 29.8 Å². The molecule has 1 aromatic carbocycles. The van der Waals surface area contributed by atoms with Crippen LogP contribution in [0, 0.1) is 6.92 Å². The van der Waals surface area contributed by atoms with E-state index < -0.39 is 10.0 Å². The summed E-state index contributed by atoms with van der Waals surface area (Å²) in [6.07, 6.45) is 9.36. The van der Waals surface area contributed by atoms with Crippen LogP contribution in [0.5, 0.6) is 0 Å². The number of nitrogens with zero attached hydrogens (tertiary/aromatic N) is 1. The molecule has 0 saturated heterocycles. The second-order valence-electron chi connectivity index (χ2n) is 6.97. The minimum absolute atomic E-state index is 0.149. The van der Waals surface area contributed by atoms with Gasteiger partial charge in [-0.05, 0) is 56.6 Å². The summed E-state index contributed by atoms with van der Waals surface area (Å²) in [5.74, 6) is -0.294. The Hall–Kier alpha value is -1.66. The molecule has 0 heterocycles. The summed E-state index contributed by atoms with van der Waals surface area (Å²) in [7, 11) is -3.43. The van der Waals surface area contributed by atoms with E-state index in [0.29, 0.717) is 13.0 Å². The Morgan fingerprint density at radius 3 is 2.65 bits per heavy atom. The van der Waals surface area contributed by atoms with Gasteiger partial charge in [0.25, 0.3) is 0 Å². The highest BCUT2D eigenvalue weighted by Crippen LogP contribution is 2.22. The van der Waals surface area contributed by atoms with E-state index >= 15 is 0 Å². The third-order valence-electron chi connectivity index (χ3n) is 4.86. The van der Waals surface area contributed by atoms with Crippen molar-refractivity contribution < 1.29 is 13.2 Å². The highest BCUT2D eigenvalue weighted by molar-refractivity contribution is 7.88. The quantitative estimate of drug-likeness (QED) is 0.702. The summed E-state index contributed by atoms with van der Waals surface area (Å²) in [5, 5.41) is 2.91. The molecule has 0 radical (unpaired) electrons. The number of nitrogens with one attached hydrogen (secondary N) is 1. The Kier molecular flexibility index (Phi) is 7.41. The fourth-order valence-electron chi connectivity index (χ4n) is 3.30. The van der Waals surface area contributed by atoms with Crippen LogP contribution >= 0.6 is 0 Å². The van der Waals surface area contributed by atoms with Crippen LogP contribution < -0.4 is 5.32 Å². The molecule has 5 nitrogen and oxygen atoms in total. The Balaban J connectivity index is 2.04. The van der Waals surface area contributed by atoms with Crippen molar-refractivity contribution in [1.82, 2.24) is 4.31 Å². The van der Waals surface area contributed by atoms with E-state index in [2.05, 4.69) is 11.4 Å². The Morgan fingerprint density at radius 2 is 2.04 bits per heavy atom. The molecule has 6 heteroatoms. The summed E-state index contributed by atoms with van der Waals surface area (Å²) in [6.45, 7) is 4.18. The molecule has 0 saturated carbocycles. The van der Waals surface area contributed by atoms with E-state index in [0.717, 1.165) is 42.5 Å². The number of aryl methyl sites for hydroxylation is 2. The van der Waals surface area contributed by atoms with Gasteiger partial charge in [0.05, 0.1) is 12.8 Å². The number of benzene rings is 1. The van der Waals surface area contributed by atoms with Gasteiger partial charge in [-0.2, -0.15) is 4.31 Å². The van der Waals surface area contributed by atoms with Gasteiger partial charge in [-0.1, -0.05) is 36.8 Å². The van der Waals surface area contributed by atoms with Crippen molar-refractivity contribution in [2.45, 2.75) is 52.4 Å². The lowest BCUT2D eigenvalue weighted by molar-refractivity contribution is -0.116. The smallest absolute Gasteiger partial charge is 0.239 e. The van der Waals surface area contributed by atoms with Gasteiger partial charge in [-0.25, -0.2) is 8.42 Å². The van der Waals surface area contributed by atoms with Gasteiger partial charge in [0.2, 0.25) is 15.9 Å². The van der Waals surface area contributed by atoms with Gasteiger partial charge in [0, 0.05) is 12.2 Å². The lowest BCUT2D eigenvalue weighted by Gasteiger charge is -2.22. The predicted molar refractivity (Wildman–Crippen MR) is 107 cm³/mol. The molecule has 0 fully saturated rings. The summed E-state index contributed by atoms with van der Waals surface area (Å²) < 4.78 is 25.5. The number of sulfonamides is 1. The molecular formula is C20H30N2O3S. The van der Waals surface area contributed by atoms with Crippen LogP contribution in [0.1, 0.15) is 50.2 Å². The highest BCUT2D eigenvalue weighted by atomic mass is 32.2. The van der Waals surface area contributed by atoms with E-state index in [4.69, 9.17) is 0 Å². The van der Waals surface area contributed by atoms with Crippen molar-refractivity contribution in [3.05, 3.63) is 41.0 Å². The lowest BCUT2D eigenvalue weighted by Crippen LogP contribution is -2.38. The largest absolute Gasteiger partial charge is 0.324 e. The molecule has 0 aromatic heterocycles. The van der Waals surface area contributed by atoms with Gasteiger partial charge in [-0.3, -0.25) is 4.79 Å². The van der Waals surface area contributed by atoms with Gasteiger partial charge >= 0.3 is 0 Å². The first-order valence-electron chi connectivity index (χ1n) is 9.32. The van der Waals surface area contributed by atoms with Crippen molar-refractivity contribution in [2.24, 2.45) is 0 Å². The van der Waals surface area contributed by atoms with Crippen molar-refractivity contribution >= 4 is 21.6 Å². The number of para-hydroxylation sites is 1. The third kappa shape index (κ3) is 5.95. The Morgan fingerprint density at radius 1 is 1.27 bits per heavy atom. The molecule has 0 bridgehead atoms. The monoisotopic (exact) mass is 378 g/mol. The first-order valence-corrected chi connectivity index (χ1v) is 11.2. The van der Waals surface area contributed by atoms with Crippen molar-refractivity contribution in [2.75, 3.05) is 24.7 Å². The second-order valence-corrected chi connectivity index (χ2v) is 8.95. The van der Waals surface area contributed by atoms with Crippen LogP contribution in [-0.2, 0) is 21.2 Å². The van der Waals surface area contributed by atoms with E-state index in [1.54, 1.807) is 0 Å². The number of carbonyl (C=O) groups excluding carboxylic acids is 1. The summed E-state index contributed by atoms with van der Waals surface area (Å²) in [4.78, 5) is 12.5. The minimum Gasteiger partial charge on any atom is -0.324 e. The SMILES string of the molecule is CCc1cccc(C)c1NC(=O)CN(CCC1=CCCCC1)S(C)(=O)=O. The van der Waals surface area contributed by atoms with Crippen LogP contribution in [0.2, 0.25) is 0 Å². The fraction of sp³-hybridized carbons (Fsp3) is 0.550. The number of hydrogen-bond acceptors (Lipinski definition) is 3. The zero-order chi connectivity index (χ0) is 19.2. The summed E-state index contributed by atoms with van der Waals surface area (Å²) >= 11 is 0. The molecule has 1 N–H and O–H groups in total. The average Bonchev–Trinajstić information content (AvgIpc) is 2.60. The Bertz CT molecular complexity index is 769. The summed E-state index contributed by atoms with van der Waals surface area (Å²) in [6, 6.07) is 5.88. The second kappa shape index (κ2) is 9.33. The highest BCUT2D eigenvalue weighted by Gasteiger charge is 2.21. The number of hydrogen-bond donors (Lipinski definition) is 1. The third-order valence-corrected chi connectivity index (χ3v) is 6.11.